The quantitative estimate of drug-likeness (QED) is 0.119. The molecule has 2 fully saturated rings. The van der Waals surface area contributed by atoms with Gasteiger partial charge in [-0.15, -0.1) is 0 Å². The number of hydrogen-bond donors (Lipinski definition) is 4. The Labute approximate surface area is 297 Å². The Morgan fingerprint density at radius 3 is 1.94 bits per heavy atom. The molecular formula is C38H57N5O5S. The highest BCUT2D eigenvalue weighted by molar-refractivity contribution is 7.80. The second-order valence-electron chi connectivity index (χ2n) is 15.1. The Balaban J connectivity index is 1.70. The van der Waals surface area contributed by atoms with Crippen molar-refractivity contribution < 1.29 is 23.9 Å². The van der Waals surface area contributed by atoms with Crippen LogP contribution in [0.2, 0.25) is 0 Å². The number of ether oxygens (including phenoxy) is 2. The third-order valence-electron chi connectivity index (χ3n) is 10.4. The van der Waals surface area contributed by atoms with Gasteiger partial charge >= 0.3 is 11.9 Å². The molecule has 4 unspecified atom stereocenters. The van der Waals surface area contributed by atoms with Crippen LogP contribution in [0.4, 0.5) is 5.82 Å². The van der Waals surface area contributed by atoms with Gasteiger partial charge in [0, 0.05) is 24.9 Å². The number of esters is 2. The summed E-state index contributed by atoms with van der Waals surface area (Å²) in [6.07, 6.45) is 7.33. The molecule has 0 bridgehead atoms. The molecule has 2 aliphatic carbocycles. The normalized spacial score (nSPS) is 30.2. The van der Waals surface area contributed by atoms with E-state index >= 15 is 0 Å². The van der Waals surface area contributed by atoms with Crippen LogP contribution in [0.25, 0.3) is 6.08 Å². The van der Waals surface area contributed by atoms with Crippen molar-refractivity contribution in [2.45, 2.75) is 120 Å². The van der Waals surface area contributed by atoms with Crippen molar-refractivity contribution in [1.82, 2.24) is 15.6 Å². The summed E-state index contributed by atoms with van der Waals surface area (Å²) in [5.41, 5.74) is 3.04. The monoisotopic (exact) mass is 695 g/mol. The van der Waals surface area contributed by atoms with Crippen molar-refractivity contribution in [3.05, 3.63) is 33.7 Å². The number of anilines is 1. The van der Waals surface area contributed by atoms with Gasteiger partial charge in [0.1, 0.15) is 35.0 Å². The second kappa shape index (κ2) is 16.5. The number of aliphatic imine (C=N–C) groups is 1. The van der Waals surface area contributed by atoms with Gasteiger partial charge in [-0.25, -0.2) is 14.6 Å². The number of nitrogens with one attached hydrogen (secondary N) is 4. The zero-order valence-corrected chi connectivity index (χ0v) is 31.9. The molecule has 10 nitrogen and oxygen atoms in total. The molecule has 1 aliphatic heterocycles. The maximum Gasteiger partial charge on any atom is 0.342 e. The minimum atomic E-state index is -0.480. The molecule has 0 aromatic carbocycles. The molecule has 1 amide bonds. The Kier molecular flexibility index (Phi) is 12.9. The number of allylic oxidation sites excluding steroid dienone is 1. The molecule has 0 spiro atoms. The maximum absolute atomic E-state index is 13.9. The lowest BCUT2D eigenvalue weighted by molar-refractivity contribution is -0.152. The summed E-state index contributed by atoms with van der Waals surface area (Å²) in [4.78, 5) is 47.8. The Bertz CT molecular complexity index is 1500. The molecule has 0 saturated heterocycles. The van der Waals surface area contributed by atoms with Crippen molar-refractivity contribution in [3.63, 3.8) is 0 Å². The van der Waals surface area contributed by atoms with Gasteiger partial charge in [-0.1, -0.05) is 54.9 Å². The predicted octanol–water partition coefficient (Wildman–Crippen LogP) is 7.46. The minimum Gasteiger partial charge on any atom is -0.458 e. The number of aromatic nitrogens is 1. The van der Waals surface area contributed by atoms with Gasteiger partial charge in [0.2, 0.25) is 5.91 Å². The molecular weight excluding hydrogens is 639 g/mol. The van der Waals surface area contributed by atoms with Crippen LogP contribution in [0, 0.1) is 42.4 Å². The number of H-pyrrole nitrogens is 1. The molecule has 4 N–H and O–H groups in total. The number of rotatable bonds is 9. The highest BCUT2D eigenvalue weighted by Crippen LogP contribution is 2.38. The fraction of sp³-hybridized carbons (Fsp3) is 0.658. The lowest BCUT2D eigenvalue weighted by Crippen LogP contribution is -2.38. The van der Waals surface area contributed by atoms with Gasteiger partial charge in [-0.2, -0.15) is 0 Å². The zero-order valence-electron chi connectivity index (χ0n) is 31.0. The van der Waals surface area contributed by atoms with Crippen LogP contribution in [0.5, 0.6) is 0 Å². The van der Waals surface area contributed by atoms with E-state index in [1.54, 1.807) is 0 Å². The first-order valence-electron chi connectivity index (χ1n) is 18.1. The number of thiocarbonyl (C=S) groups is 1. The molecule has 4 atom stereocenters. The number of carbonyl (C=O) groups is 3. The number of carbonyl (C=O) groups excluding carboxylic acids is 3. The summed E-state index contributed by atoms with van der Waals surface area (Å²) in [6, 6.07) is 0. The van der Waals surface area contributed by atoms with Crippen LogP contribution in [0.1, 0.15) is 122 Å². The third kappa shape index (κ3) is 9.21. The highest BCUT2D eigenvalue weighted by atomic mass is 32.1. The molecule has 2 heterocycles. The largest absolute Gasteiger partial charge is 0.458 e. The number of hydrogen-bond acceptors (Lipinski definition) is 6. The van der Waals surface area contributed by atoms with Crippen molar-refractivity contribution in [1.29, 1.82) is 0 Å². The number of amides is 1. The third-order valence-corrected chi connectivity index (χ3v) is 10.6. The van der Waals surface area contributed by atoms with Crippen LogP contribution >= 0.6 is 12.2 Å². The van der Waals surface area contributed by atoms with Crippen molar-refractivity contribution >= 4 is 52.9 Å². The first-order valence-corrected chi connectivity index (χ1v) is 18.5. The molecule has 1 aromatic rings. The minimum absolute atomic E-state index is 0.204. The van der Waals surface area contributed by atoms with E-state index in [0.717, 1.165) is 38.5 Å². The average molecular weight is 696 g/mol. The van der Waals surface area contributed by atoms with Crippen LogP contribution in [0.3, 0.4) is 0 Å². The fourth-order valence-electron chi connectivity index (χ4n) is 8.23. The summed E-state index contributed by atoms with van der Waals surface area (Å²) in [5, 5.41) is 9.51. The van der Waals surface area contributed by atoms with E-state index in [0.29, 0.717) is 52.3 Å². The van der Waals surface area contributed by atoms with Crippen LogP contribution in [-0.2, 0) is 19.1 Å². The van der Waals surface area contributed by atoms with E-state index in [-0.39, 0.29) is 58.3 Å². The molecule has 3 aliphatic rings. The lowest BCUT2D eigenvalue weighted by atomic mass is 9.75. The standard InChI is InChI=1S/C38H57N5O5S/c1-11-12-13-39-38(49)43-35-31(37(46)48-33-23(6)16-20(3)17-24(33)7)26(9)29(42-35)18-28-25(8)30(34(41-28)40-27(10)44)36(45)47-32-21(4)14-19(2)15-22(32)5/h18-24,32-33,41H,11-17H2,1-10H3,(H,40,44)(H2,39,42,43,49). The van der Waals surface area contributed by atoms with Gasteiger partial charge in [0.05, 0.1) is 0 Å². The maximum atomic E-state index is 13.9. The lowest BCUT2D eigenvalue weighted by Gasteiger charge is -2.37. The number of aromatic amines is 1. The van der Waals surface area contributed by atoms with Crippen molar-refractivity contribution in [3.8, 4) is 0 Å². The van der Waals surface area contributed by atoms with Gasteiger partial charge in [-0.3, -0.25) is 4.79 Å². The summed E-state index contributed by atoms with van der Waals surface area (Å²) in [7, 11) is 0. The predicted molar refractivity (Wildman–Crippen MR) is 199 cm³/mol. The summed E-state index contributed by atoms with van der Waals surface area (Å²) < 4.78 is 12.4. The van der Waals surface area contributed by atoms with E-state index in [9.17, 15) is 14.4 Å². The molecule has 4 rings (SSSR count). The van der Waals surface area contributed by atoms with E-state index < -0.39 is 11.9 Å². The summed E-state index contributed by atoms with van der Waals surface area (Å²) in [5.74, 6) is 1.43. The summed E-state index contributed by atoms with van der Waals surface area (Å²) >= 11 is 5.53. The number of nitrogens with zero attached hydrogens (tertiary/aromatic N) is 1. The van der Waals surface area contributed by atoms with Crippen LogP contribution < -0.4 is 16.0 Å². The topological polar surface area (TPSA) is 134 Å². The highest BCUT2D eigenvalue weighted by Gasteiger charge is 2.38. The van der Waals surface area contributed by atoms with Gasteiger partial charge in [0.25, 0.3) is 0 Å². The second-order valence-corrected chi connectivity index (χ2v) is 15.5. The number of unbranched alkanes of at least 4 members (excludes halogenated alkanes) is 1. The van der Waals surface area contributed by atoms with E-state index in [1.165, 1.54) is 6.92 Å². The molecule has 2 saturated carbocycles. The Morgan fingerprint density at radius 1 is 0.898 bits per heavy atom. The smallest absolute Gasteiger partial charge is 0.342 e. The first kappa shape index (κ1) is 38.3. The van der Waals surface area contributed by atoms with Crippen LogP contribution in [0.15, 0.2) is 21.8 Å². The van der Waals surface area contributed by atoms with Gasteiger partial charge in [-0.05, 0) is 111 Å². The average Bonchev–Trinajstić information content (AvgIpc) is 3.46. The number of amidine groups is 1. The fourth-order valence-corrected chi connectivity index (χ4v) is 8.43. The van der Waals surface area contributed by atoms with Crippen molar-refractivity contribution in [2.75, 3.05) is 11.9 Å². The summed E-state index contributed by atoms with van der Waals surface area (Å²) in [6.45, 7) is 20.9. The zero-order chi connectivity index (χ0) is 36.2. The molecule has 11 heteroatoms. The van der Waals surface area contributed by atoms with Crippen LogP contribution in [-0.4, -0.2) is 52.5 Å². The SMILES string of the molecule is CCCCNC(=S)N=C1NC(=Cc2[nH]c(NC(C)=O)c(C(=O)OC3C(C)CC(C)CC3C)c2C)C(C)=C1C(=O)OC1C(C)CC(C)CC1C. The Hall–Kier alpha value is -3.47. The Morgan fingerprint density at radius 2 is 1.43 bits per heavy atom. The van der Waals surface area contributed by atoms with Gasteiger partial charge < -0.3 is 30.4 Å². The van der Waals surface area contributed by atoms with E-state index in [1.807, 2.05) is 19.9 Å². The molecule has 0 radical (unpaired) electrons. The van der Waals surface area contributed by atoms with E-state index in [4.69, 9.17) is 21.7 Å². The van der Waals surface area contributed by atoms with E-state index in [2.05, 4.69) is 74.4 Å². The molecule has 49 heavy (non-hydrogen) atoms. The first-order chi connectivity index (χ1) is 23.1. The van der Waals surface area contributed by atoms with Gasteiger partial charge in [0.15, 0.2) is 5.11 Å². The van der Waals surface area contributed by atoms with Crippen molar-refractivity contribution in [2.24, 2.45) is 40.5 Å². The molecule has 270 valence electrons. The molecule has 1 aromatic heterocycles.